The van der Waals surface area contributed by atoms with Crippen LogP contribution in [0.25, 0.3) is 0 Å². The van der Waals surface area contributed by atoms with Crippen LogP contribution in [0.5, 0.6) is 11.5 Å². The normalized spacial score (nSPS) is 15.3. The SMILES string of the molecule is O=C(N/N=C/c1ccc(O)c(O)c1)c1ccc(S(=O)(=O)N2CCCC2)cc1. The number of phenols is 2. The molecule has 3 rings (SSSR count). The maximum Gasteiger partial charge on any atom is 0.271 e. The summed E-state index contributed by atoms with van der Waals surface area (Å²) in [5, 5.41) is 22.4. The van der Waals surface area contributed by atoms with E-state index in [4.69, 9.17) is 0 Å². The van der Waals surface area contributed by atoms with E-state index in [1.807, 2.05) is 0 Å². The third-order valence-electron chi connectivity index (χ3n) is 4.20. The topological polar surface area (TPSA) is 119 Å². The van der Waals surface area contributed by atoms with E-state index >= 15 is 0 Å². The molecule has 27 heavy (non-hydrogen) atoms. The highest BCUT2D eigenvalue weighted by atomic mass is 32.2. The summed E-state index contributed by atoms with van der Waals surface area (Å²) in [5.74, 6) is -1.04. The molecule has 1 saturated heterocycles. The first-order valence-corrected chi connectivity index (χ1v) is 9.77. The molecular formula is C18H19N3O5S. The monoisotopic (exact) mass is 389 g/mol. The maximum atomic E-state index is 12.5. The summed E-state index contributed by atoms with van der Waals surface area (Å²) in [6, 6.07) is 9.79. The van der Waals surface area contributed by atoms with Crippen LogP contribution in [0.1, 0.15) is 28.8 Å². The average molecular weight is 389 g/mol. The van der Waals surface area contributed by atoms with E-state index in [0.29, 0.717) is 18.7 Å². The number of hydrogen-bond donors (Lipinski definition) is 3. The van der Waals surface area contributed by atoms with Gasteiger partial charge in [-0.25, -0.2) is 13.8 Å². The molecular weight excluding hydrogens is 370 g/mol. The number of hydrazone groups is 1. The van der Waals surface area contributed by atoms with Crippen LogP contribution in [0.4, 0.5) is 0 Å². The summed E-state index contributed by atoms with van der Waals surface area (Å²) in [6.07, 6.45) is 3.02. The molecule has 1 aliphatic heterocycles. The molecule has 2 aromatic rings. The van der Waals surface area contributed by atoms with Gasteiger partial charge in [-0.1, -0.05) is 0 Å². The second-order valence-corrected chi connectivity index (χ2v) is 8.02. The van der Waals surface area contributed by atoms with Crippen molar-refractivity contribution >= 4 is 22.1 Å². The third-order valence-corrected chi connectivity index (χ3v) is 6.11. The number of carbonyl (C=O) groups excluding carboxylic acids is 1. The van der Waals surface area contributed by atoms with Crippen molar-refractivity contribution in [2.75, 3.05) is 13.1 Å². The quantitative estimate of drug-likeness (QED) is 0.408. The zero-order chi connectivity index (χ0) is 19.4. The maximum absolute atomic E-state index is 12.5. The zero-order valence-corrected chi connectivity index (χ0v) is 15.2. The molecule has 0 atom stereocenters. The Morgan fingerprint density at radius 2 is 1.70 bits per heavy atom. The van der Waals surface area contributed by atoms with E-state index in [0.717, 1.165) is 12.8 Å². The van der Waals surface area contributed by atoms with Gasteiger partial charge >= 0.3 is 0 Å². The lowest BCUT2D eigenvalue weighted by Crippen LogP contribution is -2.28. The van der Waals surface area contributed by atoms with Gasteiger partial charge in [-0.3, -0.25) is 4.79 Å². The van der Waals surface area contributed by atoms with E-state index in [2.05, 4.69) is 10.5 Å². The lowest BCUT2D eigenvalue weighted by Gasteiger charge is -2.15. The van der Waals surface area contributed by atoms with Gasteiger partial charge in [0.25, 0.3) is 5.91 Å². The standard InChI is InChI=1S/C18H19N3O5S/c22-16-8-3-13(11-17(16)23)12-19-20-18(24)14-4-6-15(7-5-14)27(25,26)21-9-1-2-10-21/h3-8,11-12,22-23H,1-2,9-10H2,(H,20,24)/b19-12+. The first-order valence-electron chi connectivity index (χ1n) is 8.33. The van der Waals surface area contributed by atoms with Crippen LogP contribution >= 0.6 is 0 Å². The minimum atomic E-state index is -3.51. The number of nitrogens with zero attached hydrogens (tertiary/aromatic N) is 2. The van der Waals surface area contributed by atoms with Crippen molar-refractivity contribution in [3.63, 3.8) is 0 Å². The van der Waals surface area contributed by atoms with Gasteiger partial charge in [0, 0.05) is 18.7 Å². The molecule has 3 N–H and O–H groups in total. The summed E-state index contributed by atoms with van der Waals surface area (Å²) < 4.78 is 26.4. The molecule has 1 heterocycles. The number of nitrogens with one attached hydrogen (secondary N) is 1. The predicted molar refractivity (Wildman–Crippen MR) is 99.3 cm³/mol. The molecule has 0 spiro atoms. The summed E-state index contributed by atoms with van der Waals surface area (Å²) in [4.78, 5) is 12.3. The van der Waals surface area contributed by atoms with E-state index in [9.17, 15) is 23.4 Å². The van der Waals surface area contributed by atoms with E-state index < -0.39 is 15.9 Å². The molecule has 1 aliphatic rings. The smallest absolute Gasteiger partial charge is 0.271 e. The fraction of sp³-hybridized carbons (Fsp3) is 0.222. The Labute approximate surface area is 156 Å². The van der Waals surface area contributed by atoms with Crippen LogP contribution in [-0.2, 0) is 10.0 Å². The summed E-state index contributed by atoms with van der Waals surface area (Å²) >= 11 is 0. The van der Waals surface area contributed by atoms with Gasteiger partial charge in [0.15, 0.2) is 11.5 Å². The van der Waals surface area contributed by atoms with Gasteiger partial charge < -0.3 is 10.2 Å². The predicted octanol–water partition coefficient (Wildman–Crippen LogP) is 1.65. The van der Waals surface area contributed by atoms with Crippen LogP contribution < -0.4 is 5.43 Å². The van der Waals surface area contributed by atoms with Crippen molar-refractivity contribution in [1.82, 2.24) is 9.73 Å². The molecule has 9 heteroatoms. The first-order chi connectivity index (χ1) is 12.9. The summed E-state index contributed by atoms with van der Waals surface area (Å²) in [5.41, 5.74) is 3.07. The Morgan fingerprint density at radius 1 is 1.04 bits per heavy atom. The lowest BCUT2D eigenvalue weighted by molar-refractivity contribution is 0.0955. The first kappa shape index (κ1) is 18.9. The molecule has 8 nitrogen and oxygen atoms in total. The molecule has 0 saturated carbocycles. The van der Waals surface area contributed by atoms with Gasteiger partial charge in [0.05, 0.1) is 11.1 Å². The number of carbonyl (C=O) groups is 1. The number of amides is 1. The fourth-order valence-corrected chi connectivity index (χ4v) is 4.22. The Kier molecular flexibility index (Phi) is 5.43. The molecule has 0 aliphatic carbocycles. The Morgan fingerprint density at radius 3 is 2.33 bits per heavy atom. The zero-order valence-electron chi connectivity index (χ0n) is 14.4. The minimum absolute atomic E-state index is 0.156. The Bertz CT molecular complexity index is 965. The van der Waals surface area contributed by atoms with Crippen LogP contribution in [0.3, 0.4) is 0 Å². The van der Waals surface area contributed by atoms with Crippen molar-refractivity contribution in [3.8, 4) is 11.5 Å². The largest absolute Gasteiger partial charge is 0.504 e. The molecule has 2 aromatic carbocycles. The Hall–Kier alpha value is -2.91. The van der Waals surface area contributed by atoms with Gasteiger partial charge in [-0.15, -0.1) is 0 Å². The van der Waals surface area contributed by atoms with Crippen molar-refractivity contribution in [2.24, 2.45) is 5.10 Å². The van der Waals surface area contributed by atoms with Gasteiger partial charge in [-0.05, 0) is 60.9 Å². The van der Waals surface area contributed by atoms with Crippen LogP contribution in [0, 0.1) is 0 Å². The van der Waals surface area contributed by atoms with Gasteiger partial charge in [0.2, 0.25) is 10.0 Å². The van der Waals surface area contributed by atoms with Crippen molar-refractivity contribution in [3.05, 3.63) is 53.6 Å². The molecule has 0 radical (unpaired) electrons. The highest BCUT2D eigenvalue weighted by Crippen LogP contribution is 2.24. The summed E-state index contributed by atoms with van der Waals surface area (Å²) in [6.45, 7) is 1.04. The molecule has 1 fully saturated rings. The van der Waals surface area contributed by atoms with E-state index in [1.165, 1.54) is 53.0 Å². The van der Waals surface area contributed by atoms with Crippen LogP contribution in [0.2, 0.25) is 0 Å². The van der Waals surface area contributed by atoms with Crippen molar-refractivity contribution in [1.29, 1.82) is 0 Å². The van der Waals surface area contributed by atoms with Crippen molar-refractivity contribution in [2.45, 2.75) is 17.7 Å². The van der Waals surface area contributed by atoms with Crippen LogP contribution in [-0.4, -0.2) is 48.1 Å². The molecule has 142 valence electrons. The van der Waals surface area contributed by atoms with Gasteiger partial charge in [-0.2, -0.15) is 9.41 Å². The fourth-order valence-electron chi connectivity index (χ4n) is 2.71. The highest BCUT2D eigenvalue weighted by Gasteiger charge is 2.27. The third kappa shape index (κ3) is 4.26. The minimum Gasteiger partial charge on any atom is -0.504 e. The van der Waals surface area contributed by atoms with E-state index in [-0.39, 0.29) is 22.0 Å². The molecule has 1 amide bonds. The number of hydrogen-bond acceptors (Lipinski definition) is 6. The van der Waals surface area contributed by atoms with Crippen LogP contribution in [0.15, 0.2) is 52.5 Å². The molecule has 0 bridgehead atoms. The lowest BCUT2D eigenvalue weighted by atomic mass is 10.2. The number of aromatic hydroxyl groups is 2. The molecule has 0 unspecified atom stereocenters. The molecule has 0 aromatic heterocycles. The number of phenolic OH excluding ortho intramolecular Hbond substituents is 2. The highest BCUT2D eigenvalue weighted by molar-refractivity contribution is 7.89. The number of sulfonamides is 1. The number of benzene rings is 2. The number of rotatable bonds is 5. The van der Waals surface area contributed by atoms with E-state index in [1.54, 1.807) is 0 Å². The Balaban J connectivity index is 1.65. The second-order valence-electron chi connectivity index (χ2n) is 6.08. The van der Waals surface area contributed by atoms with Gasteiger partial charge in [0.1, 0.15) is 0 Å². The van der Waals surface area contributed by atoms with Crippen molar-refractivity contribution < 1.29 is 23.4 Å². The average Bonchev–Trinajstić information content (AvgIpc) is 3.20. The summed E-state index contributed by atoms with van der Waals surface area (Å²) in [7, 11) is -3.51. The second kappa shape index (κ2) is 7.77.